The largest absolute Gasteiger partial charge is 0.507 e. The minimum atomic E-state index is -0.644. The Morgan fingerprint density at radius 1 is 1.15 bits per heavy atom. The molecule has 5 nitrogen and oxygen atoms in total. The molecule has 0 aliphatic heterocycles. The van der Waals surface area contributed by atoms with Crippen molar-refractivity contribution in [2.45, 2.75) is 0 Å². The number of nitrogens with two attached hydrogens (primary N) is 1. The second kappa shape index (κ2) is 5.40. The molecule has 6 heteroatoms. The first-order valence-electron chi connectivity index (χ1n) is 5.67. The van der Waals surface area contributed by atoms with Crippen LogP contribution in [0.3, 0.4) is 0 Å². The van der Waals surface area contributed by atoms with Gasteiger partial charge in [0, 0.05) is 17.3 Å². The summed E-state index contributed by atoms with van der Waals surface area (Å²) in [5.41, 5.74) is 5.64. The molecule has 0 radical (unpaired) electrons. The number of rotatable bonds is 3. The first kappa shape index (κ1) is 13.5. The van der Waals surface area contributed by atoms with Gasteiger partial charge < -0.3 is 16.2 Å². The molecule has 102 valence electrons. The number of phenols is 1. The number of phenolic OH excluding ortho intramolecular Hbond substituents is 1. The number of anilines is 1. The Bertz CT molecular complexity index is 686. The van der Waals surface area contributed by atoms with E-state index in [1.54, 1.807) is 12.1 Å². The third-order valence-electron chi connectivity index (χ3n) is 2.61. The minimum Gasteiger partial charge on any atom is -0.507 e. The number of benzene rings is 2. The molecule has 0 aromatic heterocycles. The summed E-state index contributed by atoms with van der Waals surface area (Å²) in [6, 6.07) is 9.10. The van der Waals surface area contributed by atoms with Gasteiger partial charge in [-0.1, -0.05) is 6.07 Å². The van der Waals surface area contributed by atoms with Gasteiger partial charge in [-0.3, -0.25) is 9.59 Å². The van der Waals surface area contributed by atoms with Crippen LogP contribution in [0.4, 0.5) is 10.1 Å². The average molecular weight is 274 g/mol. The number of amides is 2. The number of nitrogens with one attached hydrogen (secondary N) is 1. The number of aromatic hydroxyl groups is 1. The zero-order valence-electron chi connectivity index (χ0n) is 10.3. The lowest BCUT2D eigenvalue weighted by Crippen LogP contribution is -2.14. The number of halogens is 1. The van der Waals surface area contributed by atoms with E-state index in [0.717, 1.165) is 18.2 Å². The SMILES string of the molecule is NC(=O)c1cccc(NC(=O)c2ccc(F)cc2O)c1. The molecule has 2 aromatic carbocycles. The van der Waals surface area contributed by atoms with Gasteiger partial charge in [0.05, 0.1) is 5.56 Å². The standard InChI is InChI=1S/C14H11FN2O3/c15-9-4-5-11(12(18)7-9)14(20)17-10-3-1-2-8(6-10)13(16)19/h1-7,18H,(H2,16,19)(H,17,20). The van der Waals surface area contributed by atoms with Crippen LogP contribution in [0.2, 0.25) is 0 Å². The highest BCUT2D eigenvalue weighted by Gasteiger charge is 2.12. The summed E-state index contributed by atoms with van der Waals surface area (Å²) < 4.78 is 12.8. The maximum absolute atomic E-state index is 12.8. The highest BCUT2D eigenvalue weighted by molar-refractivity contribution is 6.06. The predicted octanol–water partition coefficient (Wildman–Crippen LogP) is 1.88. The van der Waals surface area contributed by atoms with E-state index in [9.17, 15) is 19.1 Å². The van der Waals surface area contributed by atoms with Crippen molar-refractivity contribution in [3.8, 4) is 5.75 Å². The quantitative estimate of drug-likeness (QED) is 0.797. The van der Waals surface area contributed by atoms with Gasteiger partial charge in [0.2, 0.25) is 5.91 Å². The Kier molecular flexibility index (Phi) is 3.65. The second-order valence-corrected chi connectivity index (χ2v) is 4.06. The van der Waals surface area contributed by atoms with Crippen LogP contribution in [0, 0.1) is 5.82 Å². The van der Waals surface area contributed by atoms with E-state index in [1.165, 1.54) is 12.1 Å². The Balaban J connectivity index is 2.23. The Morgan fingerprint density at radius 2 is 1.90 bits per heavy atom. The van der Waals surface area contributed by atoms with Crippen molar-refractivity contribution < 1.29 is 19.1 Å². The number of hydrogen-bond acceptors (Lipinski definition) is 3. The van der Waals surface area contributed by atoms with Gasteiger partial charge in [-0.25, -0.2) is 4.39 Å². The van der Waals surface area contributed by atoms with E-state index < -0.39 is 23.4 Å². The normalized spacial score (nSPS) is 10.1. The van der Waals surface area contributed by atoms with Crippen molar-refractivity contribution >= 4 is 17.5 Å². The number of primary amides is 1. The lowest BCUT2D eigenvalue weighted by molar-refractivity contribution is 0.0995. The zero-order valence-corrected chi connectivity index (χ0v) is 10.3. The molecule has 2 aromatic rings. The number of carbonyl (C=O) groups is 2. The molecular formula is C14H11FN2O3. The first-order valence-corrected chi connectivity index (χ1v) is 5.67. The van der Waals surface area contributed by atoms with Crippen molar-refractivity contribution in [2.24, 2.45) is 5.73 Å². The molecule has 0 fully saturated rings. The molecule has 0 aliphatic rings. The Hall–Kier alpha value is -2.89. The lowest BCUT2D eigenvalue weighted by atomic mass is 10.1. The highest BCUT2D eigenvalue weighted by atomic mass is 19.1. The van der Waals surface area contributed by atoms with E-state index in [4.69, 9.17) is 5.73 Å². The van der Waals surface area contributed by atoms with E-state index in [2.05, 4.69) is 5.32 Å². The maximum Gasteiger partial charge on any atom is 0.259 e. The second-order valence-electron chi connectivity index (χ2n) is 4.06. The summed E-state index contributed by atoms with van der Waals surface area (Å²) in [5.74, 6) is -2.35. The van der Waals surface area contributed by atoms with Crippen molar-refractivity contribution in [1.29, 1.82) is 0 Å². The van der Waals surface area contributed by atoms with Gasteiger partial charge >= 0.3 is 0 Å². The fourth-order valence-corrected chi connectivity index (χ4v) is 1.65. The smallest absolute Gasteiger partial charge is 0.259 e. The molecule has 0 spiro atoms. The van der Waals surface area contributed by atoms with Gasteiger partial charge in [0.25, 0.3) is 5.91 Å². The summed E-state index contributed by atoms with van der Waals surface area (Å²) >= 11 is 0. The molecule has 0 saturated carbocycles. The molecule has 2 rings (SSSR count). The third kappa shape index (κ3) is 2.92. The molecule has 0 bridgehead atoms. The van der Waals surface area contributed by atoms with Crippen molar-refractivity contribution in [3.05, 3.63) is 59.4 Å². The molecule has 2 amide bonds. The Labute approximate surface area is 113 Å². The lowest BCUT2D eigenvalue weighted by Gasteiger charge is -2.07. The molecular weight excluding hydrogens is 263 g/mol. The minimum absolute atomic E-state index is 0.0733. The fraction of sp³-hybridized carbons (Fsp3) is 0. The molecule has 0 unspecified atom stereocenters. The summed E-state index contributed by atoms with van der Waals surface area (Å²) in [6.07, 6.45) is 0. The number of hydrogen-bond donors (Lipinski definition) is 3. The van der Waals surface area contributed by atoms with Crippen LogP contribution in [-0.2, 0) is 0 Å². The first-order chi connectivity index (χ1) is 9.47. The summed E-state index contributed by atoms with van der Waals surface area (Å²) in [4.78, 5) is 22.9. The van der Waals surface area contributed by atoms with Gasteiger partial charge in [-0.2, -0.15) is 0 Å². The molecule has 0 atom stereocenters. The molecule has 0 aliphatic carbocycles. The van der Waals surface area contributed by atoms with Crippen LogP contribution in [0.25, 0.3) is 0 Å². The van der Waals surface area contributed by atoms with Crippen LogP contribution >= 0.6 is 0 Å². The topological polar surface area (TPSA) is 92.4 Å². The van der Waals surface area contributed by atoms with Gasteiger partial charge in [0.15, 0.2) is 0 Å². The van der Waals surface area contributed by atoms with Crippen molar-refractivity contribution in [2.75, 3.05) is 5.32 Å². The maximum atomic E-state index is 12.8. The van der Waals surface area contributed by atoms with E-state index in [-0.39, 0.29) is 11.1 Å². The van der Waals surface area contributed by atoms with Crippen LogP contribution in [0.1, 0.15) is 20.7 Å². The predicted molar refractivity (Wildman–Crippen MR) is 71.0 cm³/mol. The zero-order chi connectivity index (χ0) is 14.7. The van der Waals surface area contributed by atoms with E-state index in [0.29, 0.717) is 5.69 Å². The summed E-state index contributed by atoms with van der Waals surface area (Å²) in [7, 11) is 0. The fourth-order valence-electron chi connectivity index (χ4n) is 1.65. The van der Waals surface area contributed by atoms with E-state index >= 15 is 0 Å². The Morgan fingerprint density at radius 3 is 2.55 bits per heavy atom. The van der Waals surface area contributed by atoms with Crippen molar-refractivity contribution in [3.63, 3.8) is 0 Å². The van der Waals surface area contributed by atoms with Crippen LogP contribution in [0.15, 0.2) is 42.5 Å². The van der Waals surface area contributed by atoms with Gasteiger partial charge in [-0.05, 0) is 30.3 Å². The summed E-state index contributed by atoms with van der Waals surface area (Å²) in [5, 5.41) is 12.0. The molecule has 20 heavy (non-hydrogen) atoms. The molecule has 0 saturated heterocycles. The van der Waals surface area contributed by atoms with Crippen LogP contribution in [0.5, 0.6) is 5.75 Å². The van der Waals surface area contributed by atoms with Crippen molar-refractivity contribution in [1.82, 2.24) is 0 Å². The molecule has 4 N–H and O–H groups in total. The molecule has 0 heterocycles. The average Bonchev–Trinajstić information content (AvgIpc) is 2.38. The summed E-state index contributed by atoms with van der Waals surface area (Å²) in [6.45, 7) is 0. The number of carbonyl (C=O) groups excluding carboxylic acids is 2. The highest BCUT2D eigenvalue weighted by Crippen LogP contribution is 2.20. The van der Waals surface area contributed by atoms with Gasteiger partial charge in [-0.15, -0.1) is 0 Å². The van der Waals surface area contributed by atoms with E-state index in [1.807, 2.05) is 0 Å². The monoisotopic (exact) mass is 274 g/mol. The third-order valence-corrected chi connectivity index (χ3v) is 2.61. The van der Waals surface area contributed by atoms with Crippen LogP contribution < -0.4 is 11.1 Å². The van der Waals surface area contributed by atoms with Crippen LogP contribution in [-0.4, -0.2) is 16.9 Å². The van der Waals surface area contributed by atoms with Gasteiger partial charge in [0.1, 0.15) is 11.6 Å².